The fourth-order valence-corrected chi connectivity index (χ4v) is 5.40. The van der Waals surface area contributed by atoms with Crippen molar-refractivity contribution in [3.63, 3.8) is 0 Å². The lowest BCUT2D eigenvalue weighted by molar-refractivity contribution is 0.00578. The van der Waals surface area contributed by atoms with Crippen molar-refractivity contribution < 1.29 is 9.31 Å². The molecule has 1 fully saturated rings. The largest absolute Gasteiger partial charge is 0.494 e. The first-order valence-corrected chi connectivity index (χ1v) is 14.2. The van der Waals surface area contributed by atoms with Crippen LogP contribution in [0.3, 0.4) is 0 Å². The van der Waals surface area contributed by atoms with E-state index in [-0.39, 0.29) is 20.9 Å². The minimum absolute atomic E-state index is 0.184. The monoisotopic (exact) mass is 510 g/mol. The van der Waals surface area contributed by atoms with Gasteiger partial charge in [0.2, 0.25) is 0 Å². The molecular formula is C26H39B9N2O2. The van der Waals surface area contributed by atoms with Gasteiger partial charge in [0.15, 0.2) is 0 Å². The molecule has 0 atom stereocenters. The maximum atomic E-state index is 6.58. The summed E-state index contributed by atoms with van der Waals surface area (Å²) in [4.78, 5) is 8.89. The summed E-state index contributed by atoms with van der Waals surface area (Å²) in [6, 6.07) is 15.4. The second-order valence-corrected chi connectivity index (χ2v) is 14.4. The summed E-state index contributed by atoms with van der Waals surface area (Å²) in [6.45, 7) is 8.46. The molecule has 39 heavy (non-hydrogen) atoms. The van der Waals surface area contributed by atoms with Gasteiger partial charge >= 0.3 is 7.12 Å². The molecule has 13 heteroatoms. The Hall–Kier alpha value is -1.98. The van der Waals surface area contributed by atoms with Gasteiger partial charge in [0.1, 0.15) is 62.8 Å². The number of pyridine rings is 2. The molecule has 192 valence electrons. The molecule has 1 aromatic carbocycles. The molecule has 0 aliphatic carbocycles. The predicted octanol–water partition coefficient (Wildman–Crippen LogP) is -4.15. The molecule has 0 N–H and O–H groups in total. The molecule has 1 aliphatic heterocycles. The van der Waals surface area contributed by atoms with Crippen LogP contribution in [0.2, 0.25) is 0 Å². The summed E-state index contributed by atoms with van der Waals surface area (Å²) in [5, 5.41) is -0.815. The van der Waals surface area contributed by atoms with E-state index in [4.69, 9.17) is 9.31 Å². The molecule has 1 saturated heterocycles. The summed E-state index contributed by atoms with van der Waals surface area (Å²) in [6.07, 6.45) is 7.67. The fraction of sp³-hybridized carbons (Fsp3) is 0.385. The third kappa shape index (κ3) is 5.03. The van der Waals surface area contributed by atoms with Crippen LogP contribution in [0.25, 0.3) is 0 Å². The van der Waals surface area contributed by atoms with E-state index in [1.807, 2.05) is 36.9 Å². The van der Waals surface area contributed by atoms with Crippen molar-refractivity contribution >= 4 is 75.4 Å². The predicted molar refractivity (Wildman–Crippen MR) is 186 cm³/mol. The normalized spacial score (nSPS) is 17.7. The van der Waals surface area contributed by atoms with E-state index in [0.29, 0.717) is 0 Å². The zero-order valence-corrected chi connectivity index (χ0v) is 26.1. The van der Waals surface area contributed by atoms with E-state index in [1.165, 1.54) is 22.3 Å². The number of nitrogens with zero attached hydrogens (tertiary/aromatic N) is 2. The number of benzene rings is 1. The lowest BCUT2D eigenvalue weighted by Gasteiger charge is -2.46. The van der Waals surface area contributed by atoms with Gasteiger partial charge in [0.25, 0.3) is 0 Å². The van der Waals surface area contributed by atoms with Crippen LogP contribution >= 0.6 is 0 Å². The summed E-state index contributed by atoms with van der Waals surface area (Å²) < 4.78 is 13.2. The Morgan fingerprint density at radius 3 is 1.28 bits per heavy atom. The van der Waals surface area contributed by atoms with Gasteiger partial charge in [0.05, 0.1) is 11.2 Å². The van der Waals surface area contributed by atoms with Crippen molar-refractivity contribution in [2.24, 2.45) is 0 Å². The molecule has 4 nitrogen and oxygen atoms in total. The van der Waals surface area contributed by atoms with Crippen LogP contribution in [0.4, 0.5) is 0 Å². The van der Waals surface area contributed by atoms with Crippen LogP contribution in [-0.2, 0) is 30.2 Å². The average molecular weight is 509 g/mol. The number of hydrogen-bond donors (Lipinski definition) is 0. The van der Waals surface area contributed by atoms with E-state index in [1.54, 1.807) is 0 Å². The Balaban J connectivity index is 1.91. The van der Waals surface area contributed by atoms with Gasteiger partial charge in [-0.15, -0.1) is 0 Å². The highest BCUT2D eigenvalue weighted by atomic mass is 16.7. The van der Waals surface area contributed by atoms with Crippen molar-refractivity contribution in [3.8, 4) is 0 Å². The Bertz CT molecular complexity index is 1240. The van der Waals surface area contributed by atoms with E-state index in [2.05, 4.69) is 131 Å². The highest BCUT2D eigenvalue weighted by molar-refractivity contribution is 6.62. The molecule has 2 aromatic heterocycles. The van der Waals surface area contributed by atoms with Gasteiger partial charge in [-0.25, -0.2) is 0 Å². The molecule has 3 heterocycles. The topological polar surface area (TPSA) is 44.2 Å². The van der Waals surface area contributed by atoms with Gasteiger partial charge in [0, 0.05) is 24.8 Å². The first kappa shape index (κ1) is 30.0. The average Bonchev–Trinajstić information content (AvgIpc) is 3.11. The van der Waals surface area contributed by atoms with Crippen molar-refractivity contribution in [1.29, 1.82) is 0 Å². The van der Waals surface area contributed by atoms with Gasteiger partial charge in [-0.05, 0) is 56.4 Å². The van der Waals surface area contributed by atoms with Gasteiger partial charge in [-0.3, -0.25) is 9.97 Å². The minimum Gasteiger partial charge on any atom is -0.399 e. The zero-order valence-electron chi connectivity index (χ0n) is 26.1. The lowest BCUT2D eigenvalue weighted by atomic mass is 9.25. The molecule has 4 rings (SSSR count). The molecule has 0 spiro atoms. The Kier molecular flexibility index (Phi) is 7.57. The van der Waals surface area contributed by atoms with E-state index in [0.717, 1.165) is 5.46 Å². The van der Waals surface area contributed by atoms with E-state index < -0.39 is 18.3 Å². The zero-order chi connectivity index (χ0) is 29.1. The van der Waals surface area contributed by atoms with Gasteiger partial charge in [-0.2, -0.15) is 0 Å². The lowest BCUT2D eigenvalue weighted by Crippen LogP contribution is -2.54. The van der Waals surface area contributed by atoms with Crippen LogP contribution in [0.15, 0.2) is 67.3 Å². The molecule has 0 unspecified atom stereocenters. The highest BCUT2D eigenvalue weighted by Gasteiger charge is 2.52. The SMILES string of the molecule is BC(B)(c1cccnc1)C(B)(B)c1cc(B2OC(C)(C)C(C)(C)O2)cc(C(B)(B)C(B)(B)c2cccnc2)c1. The van der Waals surface area contributed by atoms with Crippen molar-refractivity contribution in [1.82, 2.24) is 9.97 Å². The Labute approximate surface area is 243 Å². The standard InChI is InChI=1S/C26H39B9N2O2/c1-21(2)22(3,4)39-35(38-21)20-12-18(25(31,32)23(27,28)16-7-5-9-36-14-16)11-19(13-20)26(33,34)24(29,30)17-8-6-10-37-15-17/h5-15H,27-34H2,1-4H3. The summed E-state index contributed by atoms with van der Waals surface area (Å²) in [5.74, 6) is 0. The molecular weight excluding hydrogens is 470 g/mol. The van der Waals surface area contributed by atoms with Crippen molar-refractivity contribution in [2.45, 2.75) is 59.8 Å². The number of aromatic nitrogens is 2. The molecule has 0 amide bonds. The highest BCUT2D eigenvalue weighted by Crippen LogP contribution is 2.41. The van der Waals surface area contributed by atoms with Crippen LogP contribution < -0.4 is 5.46 Å². The molecule has 1 aliphatic rings. The van der Waals surface area contributed by atoms with E-state index in [9.17, 15) is 0 Å². The quantitative estimate of drug-likeness (QED) is 0.304. The number of hydrogen-bond acceptors (Lipinski definition) is 4. The van der Waals surface area contributed by atoms with E-state index >= 15 is 0 Å². The molecule has 0 saturated carbocycles. The van der Waals surface area contributed by atoms with Gasteiger partial charge < -0.3 is 9.31 Å². The Morgan fingerprint density at radius 1 is 0.590 bits per heavy atom. The molecule has 3 aromatic rings. The van der Waals surface area contributed by atoms with Crippen molar-refractivity contribution in [3.05, 3.63) is 89.5 Å². The maximum absolute atomic E-state index is 6.58. The minimum atomic E-state index is -0.441. The number of rotatable bonds is 7. The first-order valence-electron chi connectivity index (χ1n) is 14.2. The summed E-state index contributed by atoms with van der Waals surface area (Å²) >= 11 is 0. The summed E-state index contributed by atoms with van der Waals surface area (Å²) in [7, 11) is 18.2. The third-order valence-corrected chi connectivity index (χ3v) is 10.8. The Morgan fingerprint density at radius 2 is 0.949 bits per heavy atom. The molecule has 0 radical (unpaired) electrons. The first-order chi connectivity index (χ1) is 17.8. The fourth-order valence-electron chi connectivity index (χ4n) is 5.40. The third-order valence-electron chi connectivity index (χ3n) is 10.8. The maximum Gasteiger partial charge on any atom is 0.494 e. The second-order valence-electron chi connectivity index (χ2n) is 14.4. The van der Waals surface area contributed by atoms with Crippen LogP contribution in [0.5, 0.6) is 0 Å². The van der Waals surface area contributed by atoms with Crippen LogP contribution in [-0.4, -0.2) is 91.1 Å². The van der Waals surface area contributed by atoms with Crippen LogP contribution in [0, 0.1) is 0 Å². The van der Waals surface area contributed by atoms with Crippen molar-refractivity contribution in [2.75, 3.05) is 0 Å². The summed E-state index contributed by atoms with van der Waals surface area (Å²) in [5.41, 5.74) is 5.18. The van der Waals surface area contributed by atoms with Gasteiger partial charge in [-0.1, -0.05) is 62.3 Å². The second kappa shape index (κ2) is 9.84. The molecule has 0 bridgehead atoms. The van der Waals surface area contributed by atoms with Crippen LogP contribution in [0.1, 0.15) is 49.9 Å². The smallest absolute Gasteiger partial charge is 0.399 e.